The standard InChI is InChI=1S/C16H21NO3/c1-2-3-12-17(13-8-5-4-6-9-13)14(18)16(15(19)20)10-7-11-16/h4-6,8-9H,2-3,7,10-12H2,1H3,(H,19,20). The van der Waals surface area contributed by atoms with Crippen LogP contribution in [0.25, 0.3) is 0 Å². The minimum Gasteiger partial charge on any atom is -0.480 e. The zero-order chi connectivity index (χ0) is 14.6. The Morgan fingerprint density at radius 1 is 1.25 bits per heavy atom. The highest BCUT2D eigenvalue weighted by Gasteiger charge is 2.53. The van der Waals surface area contributed by atoms with E-state index in [1.165, 1.54) is 0 Å². The number of carboxylic acid groups (broad SMARTS) is 1. The van der Waals surface area contributed by atoms with Crippen LogP contribution >= 0.6 is 0 Å². The Bertz CT molecular complexity index is 480. The second-order valence-corrected chi connectivity index (χ2v) is 5.39. The summed E-state index contributed by atoms with van der Waals surface area (Å²) in [6, 6.07) is 9.36. The third kappa shape index (κ3) is 2.55. The van der Waals surface area contributed by atoms with Crippen LogP contribution < -0.4 is 4.90 Å². The van der Waals surface area contributed by atoms with Crippen LogP contribution in [0.4, 0.5) is 5.69 Å². The number of anilines is 1. The highest BCUT2D eigenvalue weighted by Crippen LogP contribution is 2.43. The fourth-order valence-electron chi connectivity index (χ4n) is 2.58. The molecular formula is C16H21NO3. The summed E-state index contributed by atoms with van der Waals surface area (Å²) in [5, 5.41) is 9.43. The van der Waals surface area contributed by atoms with Crippen LogP contribution in [0.3, 0.4) is 0 Å². The first-order valence-electron chi connectivity index (χ1n) is 7.22. The molecule has 1 aliphatic carbocycles. The monoisotopic (exact) mass is 275 g/mol. The average Bonchev–Trinajstić information content (AvgIpc) is 2.38. The summed E-state index contributed by atoms with van der Waals surface area (Å²) in [5.74, 6) is -1.23. The van der Waals surface area contributed by atoms with Crippen molar-refractivity contribution in [3.8, 4) is 0 Å². The summed E-state index contributed by atoms with van der Waals surface area (Å²) < 4.78 is 0. The normalized spacial score (nSPS) is 16.2. The molecule has 0 bridgehead atoms. The van der Waals surface area contributed by atoms with Gasteiger partial charge in [0.15, 0.2) is 0 Å². The van der Waals surface area contributed by atoms with Gasteiger partial charge in [0.05, 0.1) is 0 Å². The lowest BCUT2D eigenvalue weighted by Crippen LogP contribution is -2.53. The van der Waals surface area contributed by atoms with E-state index in [4.69, 9.17) is 0 Å². The predicted octanol–water partition coefficient (Wildman–Crippen LogP) is 3.07. The lowest BCUT2D eigenvalue weighted by atomic mass is 9.67. The van der Waals surface area contributed by atoms with E-state index >= 15 is 0 Å². The Balaban J connectivity index is 2.27. The van der Waals surface area contributed by atoms with Gasteiger partial charge < -0.3 is 10.0 Å². The number of carbonyl (C=O) groups is 2. The molecule has 1 aliphatic rings. The summed E-state index contributed by atoms with van der Waals surface area (Å²) >= 11 is 0. The number of carboxylic acids is 1. The molecule has 0 saturated heterocycles. The molecule has 1 aromatic rings. The van der Waals surface area contributed by atoms with Gasteiger partial charge in [-0.15, -0.1) is 0 Å². The molecule has 0 spiro atoms. The third-order valence-electron chi connectivity index (χ3n) is 4.07. The molecule has 0 atom stereocenters. The van der Waals surface area contributed by atoms with Gasteiger partial charge >= 0.3 is 5.97 Å². The van der Waals surface area contributed by atoms with E-state index in [0.717, 1.165) is 24.9 Å². The first kappa shape index (κ1) is 14.6. The number of carbonyl (C=O) groups excluding carboxylic acids is 1. The third-order valence-corrected chi connectivity index (χ3v) is 4.07. The molecule has 0 unspecified atom stereocenters. The number of hydrogen-bond acceptors (Lipinski definition) is 2. The molecule has 1 amide bonds. The fraction of sp³-hybridized carbons (Fsp3) is 0.500. The number of hydrogen-bond donors (Lipinski definition) is 1. The Kier molecular flexibility index (Phi) is 4.42. The van der Waals surface area contributed by atoms with Crippen LogP contribution in [0, 0.1) is 5.41 Å². The van der Waals surface area contributed by atoms with Crippen molar-refractivity contribution in [1.29, 1.82) is 0 Å². The van der Waals surface area contributed by atoms with Crippen molar-refractivity contribution < 1.29 is 14.7 Å². The lowest BCUT2D eigenvalue weighted by Gasteiger charge is -2.40. The maximum Gasteiger partial charge on any atom is 0.319 e. The molecule has 2 rings (SSSR count). The second kappa shape index (κ2) is 6.07. The number of benzene rings is 1. The van der Waals surface area contributed by atoms with Crippen molar-refractivity contribution in [2.45, 2.75) is 39.0 Å². The Morgan fingerprint density at radius 2 is 1.90 bits per heavy atom. The molecule has 108 valence electrons. The smallest absolute Gasteiger partial charge is 0.319 e. The predicted molar refractivity (Wildman–Crippen MR) is 77.6 cm³/mol. The summed E-state index contributed by atoms with van der Waals surface area (Å²) in [5.41, 5.74) is -0.401. The number of unbranched alkanes of at least 4 members (excludes halogenated alkanes) is 1. The zero-order valence-electron chi connectivity index (χ0n) is 11.8. The molecule has 1 aromatic carbocycles. The quantitative estimate of drug-likeness (QED) is 0.812. The number of rotatable bonds is 6. The molecule has 1 fully saturated rings. The second-order valence-electron chi connectivity index (χ2n) is 5.39. The average molecular weight is 275 g/mol. The Hall–Kier alpha value is -1.84. The van der Waals surface area contributed by atoms with E-state index in [0.29, 0.717) is 19.4 Å². The molecule has 0 heterocycles. The summed E-state index contributed by atoms with van der Waals surface area (Å²) in [7, 11) is 0. The molecule has 0 aliphatic heterocycles. The summed E-state index contributed by atoms with van der Waals surface area (Å²) in [6.45, 7) is 2.64. The minimum absolute atomic E-state index is 0.254. The molecule has 4 heteroatoms. The van der Waals surface area contributed by atoms with Crippen LogP contribution in [0.5, 0.6) is 0 Å². The van der Waals surface area contributed by atoms with E-state index in [-0.39, 0.29) is 5.91 Å². The largest absolute Gasteiger partial charge is 0.480 e. The van der Waals surface area contributed by atoms with Crippen molar-refractivity contribution in [2.24, 2.45) is 5.41 Å². The lowest BCUT2D eigenvalue weighted by molar-refractivity contribution is -0.160. The zero-order valence-corrected chi connectivity index (χ0v) is 11.8. The van der Waals surface area contributed by atoms with Crippen molar-refractivity contribution in [2.75, 3.05) is 11.4 Å². The number of para-hydroxylation sites is 1. The number of aliphatic carboxylic acids is 1. The van der Waals surface area contributed by atoms with E-state index < -0.39 is 11.4 Å². The first-order chi connectivity index (χ1) is 9.62. The van der Waals surface area contributed by atoms with Gasteiger partial charge in [-0.25, -0.2) is 0 Å². The van der Waals surface area contributed by atoms with Crippen molar-refractivity contribution >= 4 is 17.6 Å². The minimum atomic E-state index is -1.19. The summed E-state index contributed by atoms with van der Waals surface area (Å²) in [6.07, 6.45) is 3.56. The van der Waals surface area contributed by atoms with Crippen LogP contribution in [-0.2, 0) is 9.59 Å². The Morgan fingerprint density at radius 3 is 2.35 bits per heavy atom. The van der Waals surface area contributed by atoms with Crippen LogP contribution in [0.2, 0.25) is 0 Å². The maximum atomic E-state index is 12.7. The highest BCUT2D eigenvalue weighted by atomic mass is 16.4. The molecular weight excluding hydrogens is 254 g/mol. The molecule has 1 saturated carbocycles. The number of nitrogens with zero attached hydrogens (tertiary/aromatic N) is 1. The fourth-order valence-corrected chi connectivity index (χ4v) is 2.58. The van der Waals surface area contributed by atoms with E-state index in [1.807, 2.05) is 30.3 Å². The van der Waals surface area contributed by atoms with Gasteiger partial charge in [-0.05, 0) is 31.4 Å². The highest BCUT2D eigenvalue weighted by molar-refractivity contribution is 6.10. The van der Waals surface area contributed by atoms with E-state index in [2.05, 4.69) is 6.92 Å². The van der Waals surface area contributed by atoms with E-state index in [9.17, 15) is 14.7 Å². The van der Waals surface area contributed by atoms with Crippen molar-refractivity contribution in [3.05, 3.63) is 30.3 Å². The molecule has 4 nitrogen and oxygen atoms in total. The van der Waals surface area contributed by atoms with Gasteiger partial charge in [-0.1, -0.05) is 38.0 Å². The van der Waals surface area contributed by atoms with Gasteiger partial charge in [0.1, 0.15) is 5.41 Å². The molecule has 1 N–H and O–H groups in total. The topological polar surface area (TPSA) is 57.6 Å². The van der Waals surface area contributed by atoms with Gasteiger partial charge in [-0.2, -0.15) is 0 Å². The van der Waals surface area contributed by atoms with Gasteiger partial charge in [0, 0.05) is 12.2 Å². The van der Waals surface area contributed by atoms with Gasteiger partial charge in [0.2, 0.25) is 5.91 Å². The molecule has 0 aromatic heterocycles. The maximum absolute atomic E-state index is 12.7. The van der Waals surface area contributed by atoms with Crippen LogP contribution in [-0.4, -0.2) is 23.5 Å². The van der Waals surface area contributed by atoms with Crippen LogP contribution in [0.15, 0.2) is 30.3 Å². The molecule has 0 radical (unpaired) electrons. The Labute approximate surface area is 119 Å². The van der Waals surface area contributed by atoms with Crippen LogP contribution in [0.1, 0.15) is 39.0 Å². The SMILES string of the molecule is CCCCN(C(=O)C1(C(=O)O)CCC1)c1ccccc1. The van der Waals surface area contributed by atoms with Crippen molar-refractivity contribution in [3.63, 3.8) is 0 Å². The molecule has 20 heavy (non-hydrogen) atoms. The van der Waals surface area contributed by atoms with Gasteiger partial charge in [-0.3, -0.25) is 9.59 Å². The number of amides is 1. The van der Waals surface area contributed by atoms with Gasteiger partial charge in [0.25, 0.3) is 0 Å². The first-order valence-corrected chi connectivity index (χ1v) is 7.22. The summed E-state index contributed by atoms with van der Waals surface area (Å²) in [4.78, 5) is 25.9. The van der Waals surface area contributed by atoms with E-state index in [1.54, 1.807) is 4.90 Å². The van der Waals surface area contributed by atoms with Crippen molar-refractivity contribution in [1.82, 2.24) is 0 Å².